The van der Waals surface area contributed by atoms with Crippen LogP contribution in [0.25, 0.3) is 15.9 Å². The van der Waals surface area contributed by atoms with Crippen LogP contribution in [-0.2, 0) is 17.6 Å². The molecule has 2 aromatic heterocycles. The van der Waals surface area contributed by atoms with Gasteiger partial charge in [0.2, 0.25) is 0 Å². The molecule has 1 aliphatic rings. The highest BCUT2D eigenvalue weighted by atomic mass is 35.5. The Bertz CT molecular complexity index is 1530. The van der Waals surface area contributed by atoms with Crippen molar-refractivity contribution in [2.45, 2.75) is 31.3 Å². The summed E-state index contributed by atoms with van der Waals surface area (Å²) in [6.07, 6.45) is 2.90. The topological polar surface area (TPSA) is 96.6 Å². The lowest BCUT2D eigenvalue weighted by atomic mass is 10.1. The van der Waals surface area contributed by atoms with Gasteiger partial charge in [-0.3, -0.25) is 14.2 Å². The van der Waals surface area contributed by atoms with Crippen LogP contribution >= 0.6 is 34.7 Å². The highest BCUT2D eigenvalue weighted by Gasteiger charge is 2.24. The lowest BCUT2D eigenvalue weighted by molar-refractivity contribution is -0.118. The predicted molar refractivity (Wildman–Crippen MR) is 141 cm³/mol. The van der Waals surface area contributed by atoms with Gasteiger partial charge in [-0.2, -0.15) is 5.10 Å². The van der Waals surface area contributed by atoms with Crippen molar-refractivity contribution in [2.24, 2.45) is 5.10 Å². The van der Waals surface area contributed by atoms with Gasteiger partial charge in [0.15, 0.2) is 5.16 Å². The number of rotatable bonds is 6. The molecule has 2 N–H and O–H groups in total. The zero-order chi connectivity index (χ0) is 24.5. The van der Waals surface area contributed by atoms with Crippen molar-refractivity contribution < 1.29 is 9.90 Å². The molecular weight excluding hydrogens is 504 g/mol. The summed E-state index contributed by atoms with van der Waals surface area (Å²) in [7, 11) is 0. The highest BCUT2D eigenvalue weighted by molar-refractivity contribution is 7.99. The molecule has 0 spiro atoms. The summed E-state index contributed by atoms with van der Waals surface area (Å²) in [6, 6.07) is 13.8. The Kier molecular flexibility index (Phi) is 6.64. The maximum absolute atomic E-state index is 13.6. The second kappa shape index (κ2) is 9.85. The molecule has 7 nitrogen and oxygen atoms in total. The molecular formula is C25H21ClN4O3S2. The number of aryl methyl sites for hydroxylation is 2. The minimum Gasteiger partial charge on any atom is -0.507 e. The standard InChI is InChI=1S/C25H21ClN4O3S2/c1-14(17-5-2-3-7-19(17)31)28-29-21(32)13-34-25-27-23-22(18-6-4-8-20(18)35-23)24(33)30(25)16-11-9-15(26)10-12-16/h2-3,5,7,9-12,31H,4,6,8,13H2,1H3,(H,29,32)/b28-14+. The Morgan fingerprint density at radius 1 is 1.23 bits per heavy atom. The number of aromatic nitrogens is 2. The van der Waals surface area contributed by atoms with E-state index in [0.717, 1.165) is 24.8 Å². The molecule has 178 valence electrons. The van der Waals surface area contributed by atoms with Crippen molar-refractivity contribution in [2.75, 3.05) is 5.75 Å². The number of aromatic hydroxyl groups is 1. The molecule has 1 aliphatic carbocycles. The van der Waals surface area contributed by atoms with Gasteiger partial charge in [-0.15, -0.1) is 11.3 Å². The molecule has 0 fully saturated rings. The fraction of sp³-hybridized carbons (Fsp3) is 0.200. The van der Waals surface area contributed by atoms with Crippen LogP contribution in [0.15, 0.2) is 63.6 Å². The van der Waals surface area contributed by atoms with E-state index in [1.165, 1.54) is 16.6 Å². The van der Waals surface area contributed by atoms with E-state index >= 15 is 0 Å². The third-order valence-electron chi connectivity index (χ3n) is 5.77. The van der Waals surface area contributed by atoms with Crippen LogP contribution in [0, 0.1) is 0 Å². The summed E-state index contributed by atoms with van der Waals surface area (Å²) in [6.45, 7) is 1.70. The Hall–Kier alpha value is -3.14. The number of para-hydroxylation sites is 1. The summed E-state index contributed by atoms with van der Waals surface area (Å²) in [5.41, 5.74) is 5.15. The molecule has 5 rings (SSSR count). The number of nitrogens with one attached hydrogen (secondary N) is 1. The molecule has 0 saturated heterocycles. The first-order valence-electron chi connectivity index (χ1n) is 11.0. The quantitative estimate of drug-likeness (QED) is 0.161. The summed E-state index contributed by atoms with van der Waals surface area (Å²) >= 11 is 8.80. The first-order chi connectivity index (χ1) is 16.9. The van der Waals surface area contributed by atoms with Crippen molar-refractivity contribution >= 4 is 56.5 Å². The second-order valence-corrected chi connectivity index (χ2v) is 10.5. The average Bonchev–Trinajstić information content (AvgIpc) is 3.43. The smallest absolute Gasteiger partial charge is 0.267 e. The van der Waals surface area contributed by atoms with Gasteiger partial charge in [0.05, 0.1) is 22.5 Å². The van der Waals surface area contributed by atoms with E-state index in [9.17, 15) is 14.7 Å². The number of thioether (sulfide) groups is 1. The van der Waals surface area contributed by atoms with Gasteiger partial charge in [0, 0.05) is 15.5 Å². The molecule has 0 aliphatic heterocycles. The largest absolute Gasteiger partial charge is 0.507 e. The number of thiophene rings is 1. The number of phenols is 1. The molecule has 0 bridgehead atoms. The van der Waals surface area contributed by atoms with Gasteiger partial charge in [0.1, 0.15) is 10.6 Å². The molecule has 35 heavy (non-hydrogen) atoms. The predicted octanol–water partition coefficient (Wildman–Crippen LogP) is 4.93. The number of carbonyl (C=O) groups is 1. The molecule has 2 heterocycles. The maximum Gasteiger partial charge on any atom is 0.267 e. The van der Waals surface area contributed by atoms with Gasteiger partial charge in [-0.05, 0) is 68.1 Å². The maximum atomic E-state index is 13.6. The average molecular weight is 525 g/mol. The van der Waals surface area contributed by atoms with Crippen LogP contribution in [0.3, 0.4) is 0 Å². The second-order valence-electron chi connectivity index (χ2n) is 8.09. The lowest BCUT2D eigenvalue weighted by Crippen LogP contribution is -2.24. The monoisotopic (exact) mass is 524 g/mol. The van der Waals surface area contributed by atoms with Crippen molar-refractivity contribution in [3.63, 3.8) is 0 Å². The Labute approximate surface area is 214 Å². The number of phenolic OH excluding ortho intramolecular Hbond substituents is 1. The minimum absolute atomic E-state index is 0.00811. The van der Waals surface area contributed by atoms with E-state index in [1.54, 1.807) is 71.4 Å². The first kappa shape index (κ1) is 23.6. The van der Waals surface area contributed by atoms with E-state index < -0.39 is 0 Å². The van der Waals surface area contributed by atoms with Crippen LogP contribution in [0.1, 0.15) is 29.3 Å². The number of nitrogens with zero attached hydrogens (tertiary/aromatic N) is 3. The summed E-state index contributed by atoms with van der Waals surface area (Å²) in [5, 5.41) is 15.7. The van der Waals surface area contributed by atoms with Gasteiger partial charge in [-0.25, -0.2) is 10.4 Å². The third kappa shape index (κ3) is 4.71. The highest BCUT2D eigenvalue weighted by Crippen LogP contribution is 2.36. The van der Waals surface area contributed by atoms with Gasteiger partial charge >= 0.3 is 0 Å². The third-order valence-corrected chi connectivity index (χ3v) is 8.14. The number of hydrogen-bond donors (Lipinski definition) is 2. The Balaban J connectivity index is 1.43. The molecule has 0 unspecified atom stereocenters. The zero-order valence-electron chi connectivity index (χ0n) is 18.7. The fourth-order valence-corrected chi connectivity index (χ4v) is 6.32. The van der Waals surface area contributed by atoms with Crippen molar-refractivity contribution in [3.8, 4) is 11.4 Å². The van der Waals surface area contributed by atoms with Gasteiger partial charge in [-0.1, -0.05) is 35.5 Å². The van der Waals surface area contributed by atoms with Crippen LogP contribution in [0.4, 0.5) is 0 Å². The lowest BCUT2D eigenvalue weighted by Gasteiger charge is -2.12. The number of benzene rings is 2. The van der Waals surface area contributed by atoms with Crippen LogP contribution in [-0.4, -0.2) is 32.0 Å². The fourth-order valence-electron chi connectivity index (χ4n) is 4.09. The van der Waals surface area contributed by atoms with Crippen LogP contribution < -0.4 is 11.0 Å². The van der Waals surface area contributed by atoms with Crippen LogP contribution in [0.5, 0.6) is 5.75 Å². The summed E-state index contributed by atoms with van der Waals surface area (Å²) in [4.78, 5) is 32.9. The summed E-state index contributed by atoms with van der Waals surface area (Å²) < 4.78 is 1.55. The number of halogens is 1. The molecule has 0 atom stereocenters. The molecule has 10 heteroatoms. The van der Waals surface area contributed by atoms with Crippen molar-refractivity contribution in [1.82, 2.24) is 15.0 Å². The molecule has 4 aromatic rings. The number of hydrazone groups is 1. The van der Waals surface area contributed by atoms with E-state index in [0.29, 0.717) is 37.4 Å². The van der Waals surface area contributed by atoms with E-state index in [-0.39, 0.29) is 23.0 Å². The van der Waals surface area contributed by atoms with E-state index in [1.807, 2.05) is 0 Å². The first-order valence-corrected chi connectivity index (χ1v) is 13.2. The van der Waals surface area contributed by atoms with Crippen molar-refractivity contribution in [1.29, 1.82) is 0 Å². The van der Waals surface area contributed by atoms with Crippen molar-refractivity contribution in [3.05, 3.63) is 79.9 Å². The molecule has 1 amide bonds. The summed E-state index contributed by atoms with van der Waals surface area (Å²) in [5.74, 6) is -0.256. The van der Waals surface area contributed by atoms with E-state index in [2.05, 4.69) is 10.5 Å². The molecule has 0 saturated carbocycles. The zero-order valence-corrected chi connectivity index (χ0v) is 21.1. The molecule has 2 aromatic carbocycles. The van der Waals surface area contributed by atoms with Crippen LogP contribution in [0.2, 0.25) is 5.02 Å². The molecule has 0 radical (unpaired) electrons. The van der Waals surface area contributed by atoms with Gasteiger partial charge < -0.3 is 5.11 Å². The number of carbonyl (C=O) groups excluding carboxylic acids is 1. The SMILES string of the molecule is C/C(=N\NC(=O)CSc1nc2sc3c(c2c(=O)n1-c1ccc(Cl)cc1)CCC3)c1ccccc1O. The van der Waals surface area contributed by atoms with Gasteiger partial charge in [0.25, 0.3) is 11.5 Å². The number of fused-ring (bicyclic) bond motifs is 3. The minimum atomic E-state index is -0.351. The Morgan fingerprint density at radius 3 is 2.77 bits per heavy atom. The van der Waals surface area contributed by atoms with E-state index in [4.69, 9.17) is 16.6 Å². The number of amides is 1. The normalized spacial score (nSPS) is 13.3. The number of hydrogen-bond acceptors (Lipinski definition) is 7. The Morgan fingerprint density at radius 2 is 2.00 bits per heavy atom.